The third kappa shape index (κ3) is 2.72. The zero-order valence-corrected chi connectivity index (χ0v) is 11.2. The van der Waals surface area contributed by atoms with Crippen LogP contribution in [0.5, 0.6) is 0 Å². The second-order valence-corrected chi connectivity index (χ2v) is 4.99. The molecule has 0 aliphatic rings. The van der Waals surface area contributed by atoms with Crippen molar-refractivity contribution in [1.29, 1.82) is 0 Å². The highest BCUT2D eigenvalue weighted by atomic mass is 127. The summed E-state index contributed by atoms with van der Waals surface area (Å²) >= 11 is 8.27. The first-order valence-corrected chi connectivity index (χ1v) is 6.05. The lowest BCUT2D eigenvalue weighted by atomic mass is 10.2. The molecule has 4 heteroatoms. The molecule has 0 aliphatic heterocycles. The van der Waals surface area contributed by atoms with Crippen molar-refractivity contribution in [3.8, 4) is 0 Å². The van der Waals surface area contributed by atoms with Gasteiger partial charge in [0, 0.05) is 14.8 Å². The first-order valence-electron chi connectivity index (χ1n) is 4.59. The number of hydrogen-bond acceptors (Lipinski definition) is 1. The molecule has 1 heterocycles. The third-order valence-corrected chi connectivity index (χ3v) is 3.40. The lowest BCUT2D eigenvalue weighted by Crippen LogP contribution is -2.02. The first kappa shape index (κ1) is 11.0. The van der Waals surface area contributed by atoms with Gasteiger partial charge in [0.2, 0.25) is 0 Å². The third-order valence-electron chi connectivity index (χ3n) is 2.11. The van der Waals surface area contributed by atoms with Crippen LogP contribution in [0.1, 0.15) is 11.3 Å². The van der Waals surface area contributed by atoms with Crippen LogP contribution in [0.15, 0.2) is 30.5 Å². The van der Waals surface area contributed by atoms with Crippen molar-refractivity contribution in [2.75, 3.05) is 0 Å². The van der Waals surface area contributed by atoms with Crippen LogP contribution in [0.25, 0.3) is 0 Å². The number of nitrogens with zero attached hydrogens (tertiary/aromatic N) is 2. The molecule has 1 aromatic carbocycles. The summed E-state index contributed by atoms with van der Waals surface area (Å²) in [6, 6.07) is 7.91. The van der Waals surface area contributed by atoms with Gasteiger partial charge in [0.15, 0.2) is 0 Å². The molecule has 0 saturated heterocycles. The minimum atomic E-state index is 0.771. The number of aromatic nitrogens is 2. The lowest BCUT2D eigenvalue weighted by molar-refractivity contribution is 0.677. The fourth-order valence-electron chi connectivity index (χ4n) is 1.39. The smallest absolute Gasteiger partial charge is 0.0670 e. The largest absolute Gasteiger partial charge is 0.268 e. The van der Waals surface area contributed by atoms with Gasteiger partial charge in [-0.25, -0.2) is 0 Å². The van der Waals surface area contributed by atoms with Gasteiger partial charge < -0.3 is 0 Å². The fraction of sp³-hybridized carbons (Fsp3) is 0.182. The summed E-state index contributed by atoms with van der Waals surface area (Å²) in [7, 11) is 0. The molecule has 0 radical (unpaired) electrons. The highest BCUT2D eigenvalue weighted by molar-refractivity contribution is 14.1. The summed E-state index contributed by atoms with van der Waals surface area (Å²) in [5.41, 5.74) is 2.23. The van der Waals surface area contributed by atoms with Gasteiger partial charge in [-0.05, 0) is 59.3 Å². The second kappa shape index (κ2) is 4.53. The highest BCUT2D eigenvalue weighted by Crippen LogP contribution is 2.18. The minimum absolute atomic E-state index is 0.771. The topological polar surface area (TPSA) is 17.8 Å². The van der Waals surface area contributed by atoms with Crippen LogP contribution in [0, 0.1) is 10.5 Å². The van der Waals surface area contributed by atoms with Crippen molar-refractivity contribution in [1.82, 2.24) is 9.78 Å². The Balaban J connectivity index is 2.27. The van der Waals surface area contributed by atoms with Crippen molar-refractivity contribution >= 4 is 34.2 Å². The van der Waals surface area contributed by atoms with Gasteiger partial charge in [0.05, 0.1) is 12.2 Å². The van der Waals surface area contributed by atoms with Crippen molar-refractivity contribution in [2.24, 2.45) is 0 Å². The van der Waals surface area contributed by atoms with Crippen LogP contribution in [0.2, 0.25) is 5.02 Å². The second-order valence-electron chi connectivity index (χ2n) is 3.39. The normalized spacial score (nSPS) is 10.6. The molecule has 0 unspecified atom stereocenters. The van der Waals surface area contributed by atoms with E-state index in [1.807, 2.05) is 42.1 Å². The molecule has 0 aliphatic carbocycles. The summed E-state index contributed by atoms with van der Waals surface area (Å²) < 4.78 is 3.13. The van der Waals surface area contributed by atoms with Crippen LogP contribution < -0.4 is 0 Å². The summed E-state index contributed by atoms with van der Waals surface area (Å²) in [5.74, 6) is 0. The van der Waals surface area contributed by atoms with Crippen LogP contribution in [-0.4, -0.2) is 9.78 Å². The summed E-state index contributed by atoms with van der Waals surface area (Å²) in [4.78, 5) is 0. The van der Waals surface area contributed by atoms with Gasteiger partial charge in [0.1, 0.15) is 0 Å². The Bertz CT molecular complexity index is 479. The van der Waals surface area contributed by atoms with E-state index in [1.165, 1.54) is 9.13 Å². The molecule has 1 aromatic heterocycles. The first-order chi connectivity index (χ1) is 7.15. The fourth-order valence-corrected chi connectivity index (χ4v) is 2.09. The Hall–Kier alpha value is -0.550. The predicted octanol–water partition coefficient (Wildman–Crippen LogP) is 3.50. The van der Waals surface area contributed by atoms with E-state index in [0.29, 0.717) is 0 Å². The molecule has 0 N–H and O–H groups in total. The molecule has 2 nitrogen and oxygen atoms in total. The number of rotatable bonds is 2. The van der Waals surface area contributed by atoms with Crippen LogP contribution in [0.4, 0.5) is 0 Å². The van der Waals surface area contributed by atoms with Gasteiger partial charge in [0.25, 0.3) is 0 Å². The minimum Gasteiger partial charge on any atom is -0.268 e. The zero-order chi connectivity index (χ0) is 10.8. The SMILES string of the molecule is Cc1ccn(Cc2cc(Cl)ccc2I)n1. The molecule has 0 amide bonds. The lowest BCUT2D eigenvalue weighted by Gasteiger charge is -2.05. The van der Waals surface area contributed by atoms with E-state index in [1.54, 1.807) is 0 Å². The molecule has 0 saturated carbocycles. The molecule has 0 fully saturated rings. The van der Waals surface area contributed by atoms with Crippen molar-refractivity contribution in [3.05, 3.63) is 50.3 Å². The van der Waals surface area contributed by atoms with Crippen LogP contribution in [-0.2, 0) is 6.54 Å². The molecule has 2 aromatic rings. The van der Waals surface area contributed by atoms with E-state index in [4.69, 9.17) is 11.6 Å². The van der Waals surface area contributed by atoms with E-state index < -0.39 is 0 Å². The van der Waals surface area contributed by atoms with Crippen molar-refractivity contribution in [3.63, 3.8) is 0 Å². The van der Waals surface area contributed by atoms with Gasteiger partial charge >= 0.3 is 0 Å². The van der Waals surface area contributed by atoms with Crippen LogP contribution in [0.3, 0.4) is 0 Å². The average molecular weight is 333 g/mol. The Labute approximate surface area is 107 Å². The monoisotopic (exact) mass is 332 g/mol. The Morgan fingerprint density at radius 3 is 2.87 bits per heavy atom. The van der Waals surface area contributed by atoms with Gasteiger partial charge in [-0.1, -0.05) is 11.6 Å². The van der Waals surface area contributed by atoms with E-state index in [0.717, 1.165) is 17.3 Å². The predicted molar refractivity (Wildman–Crippen MR) is 70.2 cm³/mol. The van der Waals surface area contributed by atoms with Crippen molar-refractivity contribution < 1.29 is 0 Å². The molecule has 0 bridgehead atoms. The summed E-state index contributed by atoms with van der Waals surface area (Å²) in [5, 5.41) is 5.12. The molecule has 2 rings (SSSR count). The Morgan fingerprint density at radius 2 is 2.20 bits per heavy atom. The van der Waals surface area contributed by atoms with E-state index in [2.05, 4.69) is 27.7 Å². The molecule has 0 spiro atoms. The maximum Gasteiger partial charge on any atom is 0.0670 e. The number of benzene rings is 1. The summed E-state index contributed by atoms with van der Waals surface area (Å²) in [6.07, 6.45) is 1.98. The molecular weight excluding hydrogens is 322 g/mol. The van der Waals surface area contributed by atoms with E-state index in [9.17, 15) is 0 Å². The maximum absolute atomic E-state index is 5.96. The van der Waals surface area contributed by atoms with Crippen molar-refractivity contribution in [2.45, 2.75) is 13.5 Å². The Morgan fingerprint density at radius 1 is 1.40 bits per heavy atom. The van der Waals surface area contributed by atoms with E-state index in [-0.39, 0.29) is 0 Å². The van der Waals surface area contributed by atoms with Gasteiger partial charge in [-0.3, -0.25) is 4.68 Å². The quantitative estimate of drug-likeness (QED) is 0.770. The average Bonchev–Trinajstić information content (AvgIpc) is 2.58. The number of halogens is 2. The Kier molecular flexibility index (Phi) is 3.31. The molecule has 0 atom stereocenters. The zero-order valence-electron chi connectivity index (χ0n) is 8.24. The van der Waals surface area contributed by atoms with Gasteiger partial charge in [-0.2, -0.15) is 5.10 Å². The van der Waals surface area contributed by atoms with Gasteiger partial charge in [-0.15, -0.1) is 0 Å². The van der Waals surface area contributed by atoms with Crippen LogP contribution >= 0.6 is 34.2 Å². The highest BCUT2D eigenvalue weighted by Gasteiger charge is 2.02. The molecule has 78 valence electrons. The summed E-state index contributed by atoms with van der Waals surface area (Å²) in [6.45, 7) is 2.76. The molecular formula is C11H10ClIN2. The maximum atomic E-state index is 5.96. The van der Waals surface area contributed by atoms with E-state index >= 15 is 0 Å². The standard InChI is InChI=1S/C11H10ClIN2/c1-8-4-5-15(14-8)7-9-6-10(12)2-3-11(9)13/h2-6H,7H2,1H3. The number of aryl methyl sites for hydroxylation is 1. The number of hydrogen-bond donors (Lipinski definition) is 0. The molecule has 15 heavy (non-hydrogen) atoms.